The van der Waals surface area contributed by atoms with Gasteiger partial charge in [0.2, 0.25) is 5.91 Å². The second-order valence-electron chi connectivity index (χ2n) is 7.02. The highest BCUT2D eigenvalue weighted by molar-refractivity contribution is 8.14. The van der Waals surface area contributed by atoms with Crippen molar-refractivity contribution in [3.05, 3.63) is 90.0 Å². The van der Waals surface area contributed by atoms with E-state index in [-0.39, 0.29) is 5.91 Å². The van der Waals surface area contributed by atoms with Gasteiger partial charge in [-0.2, -0.15) is 0 Å². The molecule has 1 aliphatic heterocycles. The van der Waals surface area contributed by atoms with E-state index in [4.69, 9.17) is 14.5 Å². The molecule has 1 aliphatic rings. The number of carbonyl (C=O) groups excluding carboxylic acids is 1. The van der Waals surface area contributed by atoms with Gasteiger partial charge in [-0.3, -0.25) is 9.69 Å². The minimum absolute atomic E-state index is 0.0167. The number of amidine groups is 1. The van der Waals surface area contributed by atoms with Crippen molar-refractivity contribution >= 4 is 28.5 Å². The molecular weight excluding hydrogens is 408 g/mol. The van der Waals surface area contributed by atoms with Gasteiger partial charge in [-0.15, -0.1) is 0 Å². The normalized spacial score (nSPS) is 14.8. The number of thioether (sulfide) groups is 1. The lowest BCUT2D eigenvalue weighted by molar-refractivity contribution is -0.127. The summed E-state index contributed by atoms with van der Waals surface area (Å²) in [5, 5.41) is 0.674. The van der Waals surface area contributed by atoms with E-state index in [2.05, 4.69) is 0 Å². The van der Waals surface area contributed by atoms with Gasteiger partial charge in [-0.25, -0.2) is 4.99 Å². The first-order chi connectivity index (χ1) is 15.2. The van der Waals surface area contributed by atoms with E-state index in [1.807, 2.05) is 78.9 Å². The summed E-state index contributed by atoms with van der Waals surface area (Å²) in [6, 6.07) is 25.3. The Morgan fingerprint density at radius 1 is 0.935 bits per heavy atom. The molecule has 0 bridgehead atoms. The molecule has 0 saturated carbocycles. The van der Waals surface area contributed by atoms with Crippen LogP contribution in [-0.2, 0) is 4.79 Å². The molecule has 0 spiro atoms. The van der Waals surface area contributed by atoms with Gasteiger partial charge < -0.3 is 9.47 Å². The molecule has 158 valence electrons. The molecule has 1 fully saturated rings. The number of nitrogens with zero attached hydrogens (tertiary/aromatic N) is 2. The van der Waals surface area contributed by atoms with Crippen LogP contribution in [0, 0.1) is 0 Å². The Balaban J connectivity index is 1.72. The van der Waals surface area contributed by atoms with Crippen LogP contribution in [0.2, 0.25) is 0 Å². The maximum Gasteiger partial charge on any atom is 0.240 e. The molecule has 0 atom stereocenters. The van der Waals surface area contributed by atoms with E-state index in [1.54, 1.807) is 30.9 Å². The Morgan fingerprint density at radius 2 is 1.58 bits per heavy atom. The molecule has 4 rings (SSSR count). The van der Waals surface area contributed by atoms with E-state index in [1.165, 1.54) is 0 Å². The SMILES string of the molecule is COc1ccc(OC)c(N=C2SCCN2C(=O)C(c2ccccc2)c2ccccc2)c1. The first-order valence-corrected chi connectivity index (χ1v) is 11.0. The zero-order valence-electron chi connectivity index (χ0n) is 17.5. The molecule has 3 aromatic rings. The molecule has 6 heteroatoms. The number of aliphatic imine (C=N–C) groups is 1. The summed E-state index contributed by atoms with van der Waals surface area (Å²) < 4.78 is 10.8. The van der Waals surface area contributed by atoms with Crippen molar-refractivity contribution in [2.75, 3.05) is 26.5 Å². The van der Waals surface area contributed by atoms with E-state index >= 15 is 0 Å². The van der Waals surface area contributed by atoms with Gasteiger partial charge in [0, 0.05) is 18.4 Å². The molecule has 0 aliphatic carbocycles. The molecule has 0 unspecified atom stereocenters. The third-order valence-electron chi connectivity index (χ3n) is 5.16. The van der Waals surface area contributed by atoms with Crippen molar-refractivity contribution in [1.82, 2.24) is 4.90 Å². The lowest BCUT2D eigenvalue weighted by atomic mass is 9.90. The Bertz CT molecular complexity index is 1030. The fraction of sp³-hybridized carbons (Fsp3) is 0.200. The van der Waals surface area contributed by atoms with Crippen LogP contribution in [0.25, 0.3) is 0 Å². The summed E-state index contributed by atoms with van der Waals surface area (Å²) in [7, 11) is 3.22. The van der Waals surface area contributed by atoms with Gasteiger partial charge in [-0.1, -0.05) is 72.4 Å². The Hall–Kier alpha value is -3.25. The summed E-state index contributed by atoms with van der Waals surface area (Å²) in [4.78, 5) is 20.4. The lowest BCUT2D eigenvalue weighted by Gasteiger charge is -2.24. The number of hydrogen-bond donors (Lipinski definition) is 0. The number of benzene rings is 3. The molecular formula is C25H24N2O3S. The summed E-state index contributed by atoms with van der Waals surface area (Å²) in [6.07, 6.45) is 0. The third-order valence-corrected chi connectivity index (χ3v) is 6.11. The van der Waals surface area contributed by atoms with E-state index in [0.717, 1.165) is 16.9 Å². The van der Waals surface area contributed by atoms with Gasteiger partial charge in [0.15, 0.2) is 5.17 Å². The molecule has 5 nitrogen and oxygen atoms in total. The minimum atomic E-state index is -0.390. The Labute approximate surface area is 186 Å². The zero-order valence-corrected chi connectivity index (χ0v) is 18.3. The van der Waals surface area contributed by atoms with Crippen LogP contribution in [0.1, 0.15) is 17.0 Å². The number of hydrogen-bond acceptors (Lipinski definition) is 5. The fourth-order valence-corrected chi connectivity index (χ4v) is 4.57. The summed E-state index contributed by atoms with van der Waals surface area (Å²) in [5.41, 5.74) is 2.57. The molecule has 1 amide bonds. The number of rotatable bonds is 6. The van der Waals surface area contributed by atoms with Gasteiger partial charge in [0.05, 0.1) is 20.1 Å². The first kappa shape index (κ1) is 21.0. The predicted molar refractivity (Wildman–Crippen MR) is 126 cm³/mol. The second-order valence-corrected chi connectivity index (χ2v) is 8.09. The molecule has 31 heavy (non-hydrogen) atoms. The van der Waals surface area contributed by atoms with E-state index in [0.29, 0.717) is 28.9 Å². The van der Waals surface area contributed by atoms with Crippen molar-refractivity contribution in [2.45, 2.75) is 5.92 Å². The van der Waals surface area contributed by atoms with Gasteiger partial charge in [0.1, 0.15) is 17.2 Å². The summed E-state index contributed by atoms with van der Waals surface area (Å²) in [5.74, 6) is 1.75. The average Bonchev–Trinajstić information content (AvgIpc) is 3.28. The highest BCUT2D eigenvalue weighted by atomic mass is 32.2. The smallest absolute Gasteiger partial charge is 0.240 e. The molecule has 0 radical (unpaired) electrons. The van der Waals surface area contributed by atoms with Crippen LogP contribution in [0.3, 0.4) is 0 Å². The number of carbonyl (C=O) groups is 1. The van der Waals surface area contributed by atoms with Crippen LogP contribution in [0.4, 0.5) is 5.69 Å². The monoisotopic (exact) mass is 432 g/mol. The number of methoxy groups -OCH3 is 2. The van der Waals surface area contributed by atoms with Crippen molar-refractivity contribution in [3.8, 4) is 11.5 Å². The topological polar surface area (TPSA) is 51.1 Å². The average molecular weight is 433 g/mol. The lowest BCUT2D eigenvalue weighted by Crippen LogP contribution is -2.36. The highest BCUT2D eigenvalue weighted by Gasteiger charge is 2.33. The third kappa shape index (κ3) is 4.59. The second kappa shape index (κ2) is 9.71. The van der Waals surface area contributed by atoms with E-state index < -0.39 is 5.92 Å². The van der Waals surface area contributed by atoms with Gasteiger partial charge in [-0.05, 0) is 23.3 Å². The standard InChI is InChI=1S/C25H24N2O3S/c1-29-20-13-14-22(30-2)21(17-20)26-25-27(15-16-31-25)24(28)23(18-9-5-3-6-10-18)19-11-7-4-8-12-19/h3-14,17,23H,15-16H2,1-2H3. The first-order valence-electron chi connectivity index (χ1n) is 10.1. The minimum Gasteiger partial charge on any atom is -0.497 e. The predicted octanol–water partition coefficient (Wildman–Crippen LogP) is 5.10. The number of ether oxygens (including phenoxy) is 2. The quantitative estimate of drug-likeness (QED) is 0.544. The van der Waals surface area contributed by atoms with Crippen molar-refractivity contribution < 1.29 is 14.3 Å². The highest BCUT2D eigenvalue weighted by Crippen LogP contribution is 2.35. The maximum atomic E-state index is 13.8. The van der Waals surface area contributed by atoms with Crippen LogP contribution in [0.15, 0.2) is 83.9 Å². The molecule has 0 aromatic heterocycles. The Morgan fingerprint density at radius 3 is 2.16 bits per heavy atom. The maximum absolute atomic E-state index is 13.8. The Kier molecular flexibility index (Phi) is 6.57. The van der Waals surface area contributed by atoms with Crippen molar-refractivity contribution in [1.29, 1.82) is 0 Å². The molecule has 1 saturated heterocycles. The van der Waals surface area contributed by atoms with Crippen LogP contribution in [0.5, 0.6) is 11.5 Å². The van der Waals surface area contributed by atoms with Crippen LogP contribution < -0.4 is 9.47 Å². The number of amides is 1. The largest absolute Gasteiger partial charge is 0.497 e. The zero-order chi connectivity index (χ0) is 21.6. The van der Waals surface area contributed by atoms with Crippen LogP contribution in [-0.4, -0.2) is 42.5 Å². The summed E-state index contributed by atoms with van der Waals surface area (Å²) >= 11 is 1.57. The fourth-order valence-electron chi connectivity index (χ4n) is 3.61. The van der Waals surface area contributed by atoms with E-state index in [9.17, 15) is 4.79 Å². The molecule has 1 heterocycles. The van der Waals surface area contributed by atoms with Crippen LogP contribution >= 0.6 is 11.8 Å². The molecule has 3 aromatic carbocycles. The molecule has 0 N–H and O–H groups in total. The van der Waals surface area contributed by atoms with Crippen molar-refractivity contribution in [2.24, 2.45) is 4.99 Å². The van der Waals surface area contributed by atoms with Gasteiger partial charge >= 0.3 is 0 Å². The van der Waals surface area contributed by atoms with Crippen molar-refractivity contribution in [3.63, 3.8) is 0 Å². The summed E-state index contributed by atoms with van der Waals surface area (Å²) in [6.45, 7) is 0.616. The van der Waals surface area contributed by atoms with Gasteiger partial charge in [0.25, 0.3) is 0 Å².